The first-order chi connectivity index (χ1) is 12.2. The van der Waals surface area contributed by atoms with Crippen LogP contribution >= 0.6 is 11.3 Å². The highest BCUT2D eigenvalue weighted by Crippen LogP contribution is 2.19. The molecule has 3 rings (SSSR count). The molecule has 0 spiro atoms. The highest BCUT2D eigenvalue weighted by molar-refractivity contribution is 7.16. The van der Waals surface area contributed by atoms with Gasteiger partial charge in [-0.25, -0.2) is 9.50 Å². The third kappa shape index (κ3) is 4.13. The Hall–Kier alpha value is -2.62. The van der Waals surface area contributed by atoms with Gasteiger partial charge in [0.2, 0.25) is 4.96 Å². The van der Waals surface area contributed by atoms with Crippen LogP contribution in [0.5, 0.6) is 0 Å². The molecule has 0 unspecified atom stereocenters. The summed E-state index contributed by atoms with van der Waals surface area (Å²) in [6.07, 6.45) is -4.43. The van der Waals surface area contributed by atoms with Crippen molar-refractivity contribution in [1.29, 1.82) is 0 Å². The van der Waals surface area contributed by atoms with Crippen LogP contribution in [-0.4, -0.2) is 33.2 Å². The third-order valence-electron chi connectivity index (χ3n) is 3.65. The smallest absolute Gasteiger partial charge is 0.379 e. The van der Waals surface area contributed by atoms with Crippen molar-refractivity contribution >= 4 is 27.9 Å². The zero-order chi connectivity index (χ0) is 18.9. The minimum Gasteiger partial charge on any atom is -0.379 e. The summed E-state index contributed by atoms with van der Waals surface area (Å²) in [5.74, 6) is -0.764. The number of anilines is 1. The van der Waals surface area contributed by atoms with Gasteiger partial charge in [0.05, 0.1) is 17.9 Å². The van der Waals surface area contributed by atoms with E-state index in [1.54, 1.807) is 16.6 Å². The number of alkyl halides is 3. The monoisotopic (exact) mass is 383 g/mol. The second-order valence-corrected chi connectivity index (χ2v) is 6.85. The van der Waals surface area contributed by atoms with Crippen LogP contribution in [0.2, 0.25) is 0 Å². The van der Waals surface area contributed by atoms with E-state index in [1.165, 1.54) is 23.5 Å². The summed E-state index contributed by atoms with van der Waals surface area (Å²) in [6, 6.07) is 6.23. The normalized spacial score (nSPS) is 11.7. The lowest BCUT2D eigenvalue weighted by Crippen LogP contribution is -2.33. The number of nitrogens with one attached hydrogen (secondary N) is 2. The molecule has 0 aliphatic heterocycles. The standard InChI is InChI=1S/C16H16F3N5OS/c1-9-13(24-15(22-9)26-10(2)23-24)7-20-12-5-3-11(4-6-12)14(25)21-8-16(17,18)19/h3-6,20H,7-8H2,1-2H3,(H,21,25). The maximum absolute atomic E-state index is 12.1. The predicted octanol–water partition coefficient (Wildman–Crippen LogP) is 3.31. The fourth-order valence-corrected chi connectivity index (χ4v) is 3.20. The van der Waals surface area contributed by atoms with Gasteiger partial charge in [-0.3, -0.25) is 4.79 Å². The van der Waals surface area contributed by atoms with Gasteiger partial charge in [0.1, 0.15) is 11.6 Å². The number of aromatic nitrogens is 3. The summed E-state index contributed by atoms with van der Waals surface area (Å²) in [6.45, 7) is 2.95. The van der Waals surface area contributed by atoms with E-state index in [2.05, 4.69) is 15.4 Å². The summed E-state index contributed by atoms with van der Waals surface area (Å²) < 4.78 is 38.2. The van der Waals surface area contributed by atoms with E-state index in [9.17, 15) is 18.0 Å². The molecule has 2 heterocycles. The summed E-state index contributed by atoms with van der Waals surface area (Å²) in [5, 5.41) is 10.4. The van der Waals surface area contributed by atoms with Crippen LogP contribution in [0.1, 0.15) is 26.8 Å². The maximum atomic E-state index is 12.1. The fourth-order valence-electron chi connectivity index (χ4n) is 2.40. The van der Waals surface area contributed by atoms with E-state index in [1.807, 2.05) is 19.2 Å². The molecule has 2 aromatic heterocycles. The molecule has 26 heavy (non-hydrogen) atoms. The van der Waals surface area contributed by atoms with Gasteiger partial charge in [-0.15, -0.1) is 0 Å². The number of carbonyl (C=O) groups excluding carboxylic acids is 1. The Balaban J connectivity index is 1.64. The largest absolute Gasteiger partial charge is 0.405 e. The van der Waals surface area contributed by atoms with Gasteiger partial charge in [0.25, 0.3) is 5.91 Å². The number of nitrogens with zero attached hydrogens (tertiary/aromatic N) is 3. The van der Waals surface area contributed by atoms with Crippen LogP contribution in [0.25, 0.3) is 4.96 Å². The summed E-state index contributed by atoms with van der Waals surface area (Å²) in [5.41, 5.74) is 2.70. The topological polar surface area (TPSA) is 71.3 Å². The maximum Gasteiger partial charge on any atom is 0.405 e. The molecule has 0 saturated carbocycles. The zero-order valence-corrected chi connectivity index (χ0v) is 14.8. The van der Waals surface area contributed by atoms with Crippen LogP contribution in [0.15, 0.2) is 24.3 Å². The first-order valence-corrected chi connectivity index (χ1v) is 8.55. The molecule has 2 N–H and O–H groups in total. The van der Waals surface area contributed by atoms with Gasteiger partial charge >= 0.3 is 6.18 Å². The SMILES string of the molecule is Cc1nn2c(CNc3ccc(C(=O)NCC(F)(F)F)cc3)c(C)nc2s1. The number of imidazole rings is 1. The van der Waals surface area contributed by atoms with E-state index in [-0.39, 0.29) is 5.56 Å². The number of hydrogen-bond donors (Lipinski definition) is 2. The molecule has 1 amide bonds. The van der Waals surface area contributed by atoms with Crippen molar-refractivity contribution in [2.45, 2.75) is 26.6 Å². The lowest BCUT2D eigenvalue weighted by atomic mass is 10.2. The van der Waals surface area contributed by atoms with E-state index in [0.29, 0.717) is 6.54 Å². The van der Waals surface area contributed by atoms with Crippen molar-refractivity contribution in [2.24, 2.45) is 0 Å². The molecule has 10 heteroatoms. The molecule has 0 radical (unpaired) electrons. The number of aryl methyl sites for hydroxylation is 2. The molecule has 0 fully saturated rings. The summed E-state index contributed by atoms with van der Waals surface area (Å²) in [7, 11) is 0. The molecule has 0 bridgehead atoms. The molecule has 138 valence electrons. The average molecular weight is 383 g/mol. The summed E-state index contributed by atoms with van der Waals surface area (Å²) in [4.78, 5) is 17.0. The van der Waals surface area contributed by atoms with E-state index >= 15 is 0 Å². The van der Waals surface area contributed by atoms with Crippen LogP contribution in [-0.2, 0) is 6.54 Å². The Bertz CT molecular complexity index is 930. The van der Waals surface area contributed by atoms with E-state index in [4.69, 9.17) is 0 Å². The Labute approximate surface area is 151 Å². The zero-order valence-electron chi connectivity index (χ0n) is 14.0. The lowest BCUT2D eigenvalue weighted by molar-refractivity contribution is -0.123. The average Bonchev–Trinajstić information content (AvgIpc) is 3.05. The second kappa shape index (κ2) is 6.94. The highest BCUT2D eigenvalue weighted by Gasteiger charge is 2.27. The molecule has 0 aliphatic carbocycles. The number of fused-ring (bicyclic) bond motifs is 1. The lowest BCUT2D eigenvalue weighted by Gasteiger charge is -2.09. The Kier molecular flexibility index (Phi) is 4.86. The predicted molar refractivity (Wildman–Crippen MR) is 92.5 cm³/mol. The number of halogens is 3. The fraction of sp³-hybridized carbons (Fsp3) is 0.312. The van der Waals surface area contributed by atoms with E-state index in [0.717, 1.165) is 27.0 Å². The van der Waals surface area contributed by atoms with Gasteiger partial charge in [-0.2, -0.15) is 18.3 Å². The molecule has 0 atom stereocenters. The molecule has 3 aromatic rings. The van der Waals surface area contributed by atoms with Gasteiger partial charge in [-0.1, -0.05) is 11.3 Å². The molecule has 0 aliphatic rings. The third-order valence-corrected chi connectivity index (χ3v) is 4.48. The van der Waals surface area contributed by atoms with Crippen molar-refractivity contribution < 1.29 is 18.0 Å². The first-order valence-electron chi connectivity index (χ1n) is 7.73. The number of amides is 1. The Morgan fingerprint density at radius 2 is 1.92 bits per heavy atom. The highest BCUT2D eigenvalue weighted by atomic mass is 32.1. The molecule has 0 saturated heterocycles. The van der Waals surface area contributed by atoms with Crippen molar-refractivity contribution in [3.05, 3.63) is 46.2 Å². The Morgan fingerprint density at radius 1 is 1.23 bits per heavy atom. The number of rotatable bonds is 5. The molecule has 1 aromatic carbocycles. The number of benzene rings is 1. The minimum absolute atomic E-state index is 0.165. The molecular formula is C16H16F3N5OS. The quantitative estimate of drug-likeness (QED) is 0.709. The van der Waals surface area contributed by atoms with Gasteiger partial charge < -0.3 is 10.6 Å². The summed E-state index contributed by atoms with van der Waals surface area (Å²) >= 11 is 1.51. The molecule has 6 nitrogen and oxygen atoms in total. The van der Waals surface area contributed by atoms with Crippen molar-refractivity contribution in [3.63, 3.8) is 0 Å². The van der Waals surface area contributed by atoms with Crippen LogP contribution < -0.4 is 10.6 Å². The molecular weight excluding hydrogens is 367 g/mol. The van der Waals surface area contributed by atoms with Crippen molar-refractivity contribution in [3.8, 4) is 0 Å². The van der Waals surface area contributed by atoms with Crippen molar-refractivity contribution in [2.75, 3.05) is 11.9 Å². The van der Waals surface area contributed by atoms with Gasteiger partial charge in [0, 0.05) is 11.3 Å². The van der Waals surface area contributed by atoms with Crippen LogP contribution in [0.3, 0.4) is 0 Å². The minimum atomic E-state index is -4.43. The Morgan fingerprint density at radius 3 is 2.58 bits per heavy atom. The first kappa shape index (κ1) is 18.2. The van der Waals surface area contributed by atoms with Gasteiger partial charge in [-0.05, 0) is 38.1 Å². The van der Waals surface area contributed by atoms with Gasteiger partial charge in [0.15, 0.2) is 0 Å². The van der Waals surface area contributed by atoms with Crippen LogP contribution in [0, 0.1) is 13.8 Å². The van der Waals surface area contributed by atoms with Crippen LogP contribution in [0.4, 0.5) is 18.9 Å². The van der Waals surface area contributed by atoms with E-state index < -0.39 is 18.6 Å². The number of hydrogen-bond acceptors (Lipinski definition) is 5. The van der Waals surface area contributed by atoms with Crippen molar-refractivity contribution in [1.82, 2.24) is 19.9 Å². The number of carbonyl (C=O) groups is 1. The second-order valence-electron chi connectivity index (χ2n) is 5.69.